The highest BCUT2D eigenvalue weighted by Crippen LogP contribution is 2.02. The Morgan fingerprint density at radius 2 is 2.04 bits per heavy atom. The van der Waals surface area contributed by atoms with E-state index >= 15 is 0 Å². The van der Waals surface area contributed by atoms with E-state index in [9.17, 15) is 9.59 Å². The monoisotopic (exact) mass is 314 g/mol. The summed E-state index contributed by atoms with van der Waals surface area (Å²) in [6, 6.07) is 11.1. The second kappa shape index (κ2) is 8.60. The Balaban J connectivity index is 1.99. The largest absolute Gasteiger partial charge is 0.337 e. The van der Waals surface area contributed by atoms with Gasteiger partial charge in [-0.3, -0.25) is 14.4 Å². The van der Waals surface area contributed by atoms with Gasteiger partial charge >= 0.3 is 11.8 Å². The van der Waals surface area contributed by atoms with Gasteiger partial charge in [0.25, 0.3) is 0 Å². The molecule has 0 spiro atoms. The van der Waals surface area contributed by atoms with E-state index in [0.29, 0.717) is 12.0 Å². The van der Waals surface area contributed by atoms with Crippen molar-refractivity contribution < 1.29 is 14.4 Å². The highest BCUT2D eigenvalue weighted by Gasteiger charge is 2.11. The fourth-order valence-electron chi connectivity index (χ4n) is 1.69. The summed E-state index contributed by atoms with van der Waals surface area (Å²) in [5, 5.41) is 4.45. The Hall–Kier alpha value is -2.80. The molecule has 2 amide bonds. The minimum atomic E-state index is -0.930. The van der Waals surface area contributed by atoms with E-state index in [0.717, 1.165) is 18.5 Å². The molecule has 0 aliphatic rings. The van der Waals surface area contributed by atoms with E-state index in [1.165, 1.54) is 6.20 Å². The van der Waals surface area contributed by atoms with Crippen LogP contribution in [0.15, 0.2) is 53.8 Å². The van der Waals surface area contributed by atoms with Crippen LogP contribution >= 0.6 is 0 Å². The Morgan fingerprint density at radius 1 is 1.26 bits per heavy atom. The quantitative estimate of drug-likeness (QED) is 0.509. The zero-order valence-electron chi connectivity index (χ0n) is 12.8. The summed E-state index contributed by atoms with van der Waals surface area (Å²) in [5.41, 5.74) is 2.95. The predicted molar refractivity (Wildman–Crippen MR) is 83.1 cm³/mol. The molecule has 7 nitrogen and oxygen atoms in total. The molecule has 1 N–H and O–H groups in total. The molecule has 0 unspecified atom stereocenters. The van der Waals surface area contributed by atoms with Gasteiger partial charge in [-0.05, 0) is 24.6 Å². The van der Waals surface area contributed by atoms with Gasteiger partial charge in [-0.2, -0.15) is 5.10 Å². The van der Waals surface area contributed by atoms with Crippen LogP contribution in [0, 0.1) is 0 Å². The van der Waals surface area contributed by atoms with Crippen molar-refractivity contribution in [3.63, 3.8) is 0 Å². The van der Waals surface area contributed by atoms with Crippen molar-refractivity contribution >= 4 is 11.8 Å². The van der Waals surface area contributed by atoms with Crippen LogP contribution in [0.1, 0.15) is 19.8 Å². The summed E-state index contributed by atoms with van der Waals surface area (Å²) in [6.07, 6.45) is 4.81. The van der Waals surface area contributed by atoms with E-state index in [1.807, 2.05) is 37.3 Å². The first-order valence-corrected chi connectivity index (χ1v) is 7.32. The Labute approximate surface area is 133 Å². The third-order valence-corrected chi connectivity index (χ3v) is 2.91. The van der Waals surface area contributed by atoms with Crippen molar-refractivity contribution in [2.24, 2.45) is 4.99 Å². The number of para-hydroxylation sites is 1. The lowest BCUT2D eigenvalue weighted by molar-refractivity contribution is -0.145. The van der Waals surface area contributed by atoms with E-state index in [1.54, 1.807) is 16.9 Å². The number of aromatic nitrogens is 2. The maximum Gasteiger partial charge on any atom is 0.337 e. The molecule has 1 heterocycles. The number of benzene rings is 1. The van der Waals surface area contributed by atoms with Crippen LogP contribution in [0.5, 0.6) is 0 Å². The minimum absolute atomic E-state index is 0.297. The highest BCUT2D eigenvalue weighted by atomic mass is 16.7. The predicted octanol–water partition coefficient (Wildman–Crippen LogP) is 1.15. The zero-order chi connectivity index (χ0) is 16.5. The summed E-state index contributed by atoms with van der Waals surface area (Å²) in [5.74, 6) is -1.83. The lowest BCUT2D eigenvalue weighted by atomic mass is 10.3. The van der Waals surface area contributed by atoms with Crippen molar-refractivity contribution in [1.82, 2.24) is 15.3 Å². The van der Waals surface area contributed by atoms with Crippen molar-refractivity contribution in [1.29, 1.82) is 0 Å². The topological polar surface area (TPSA) is 85.6 Å². The third kappa shape index (κ3) is 5.15. The van der Waals surface area contributed by atoms with Crippen molar-refractivity contribution in [3.05, 3.63) is 54.1 Å². The van der Waals surface area contributed by atoms with Gasteiger partial charge in [-0.25, -0.2) is 15.2 Å². The van der Waals surface area contributed by atoms with Gasteiger partial charge in [0, 0.05) is 6.20 Å². The Bertz CT molecular complexity index is 705. The first kappa shape index (κ1) is 16.6. The molecule has 1 aromatic heterocycles. The van der Waals surface area contributed by atoms with Crippen molar-refractivity contribution in [3.8, 4) is 5.69 Å². The number of hydroxylamine groups is 1. The number of hydrogen-bond donors (Lipinski definition) is 1. The average molecular weight is 314 g/mol. The zero-order valence-corrected chi connectivity index (χ0v) is 12.8. The van der Waals surface area contributed by atoms with Gasteiger partial charge in [-0.15, -0.1) is 0 Å². The molecule has 0 bridgehead atoms. The highest BCUT2D eigenvalue weighted by molar-refractivity contribution is 6.35. The normalized spacial score (nSPS) is 11.3. The summed E-state index contributed by atoms with van der Waals surface area (Å²) in [7, 11) is 0. The molecule has 1 aromatic carbocycles. The minimum Gasteiger partial charge on any atom is -0.273 e. The van der Waals surface area contributed by atoms with Gasteiger partial charge in [0.15, 0.2) is 0 Å². The fourth-order valence-corrected chi connectivity index (χ4v) is 1.69. The molecule has 7 heteroatoms. The summed E-state index contributed by atoms with van der Waals surface area (Å²) in [6.45, 7) is 2.36. The molecule has 0 aliphatic carbocycles. The smallest absolute Gasteiger partial charge is 0.273 e. The first-order chi connectivity index (χ1) is 11.2. The van der Waals surface area contributed by atoms with Crippen molar-refractivity contribution in [2.45, 2.75) is 19.8 Å². The fraction of sp³-hybridized carbons (Fsp3) is 0.250. The molecular formula is C16H18N4O3. The average Bonchev–Trinajstić information content (AvgIpc) is 2.60. The van der Waals surface area contributed by atoms with Gasteiger partial charge in [0.05, 0.1) is 23.8 Å². The van der Waals surface area contributed by atoms with Gasteiger partial charge in [0.1, 0.15) is 0 Å². The van der Waals surface area contributed by atoms with Gasteiger partial charge in [0.2, 0.25) is 0 Å². The van der Waals surface area contributed by atoms with E-state index < -0.39 is 11.8 Å². The number of rotatable bonds is 5. The summed E-state index contributed by atoms with van der Waals surface area (Å²) in [4.78, 5) is 31.7. The van der Waals surface area contributed by atoms with Crippen molar-refractivity contribution in [2.75, 3.05) is 6.61 Å². The van der Waals surface area contributed by atoms with E-state index in [2.05, 4.69) is 15.6 Å². The lowest BCUT2D eigenvalue weighted by Crippen LogP contribution is -2.31. The molecule has 2 rings (SSSR count). The maximum atomic E-state index is 11.6. The van der Waals surface area contributed by atoms with Gasteiger partial charge < -0.3 is 0 Å². The lowest BCUT2D eigenvalue weighted by Gasteiger charge is -2.03. The van der Waals surface area contributed by atoms with Crippen LogP contribution in [0.2, 0.25) is 0 Å². The third-order valence-electron chi connectivity index (χ3n) is 2.91. The second-order valence-corrected chi connectivity index (χ2v) is 4.72. The van der Waals surface area contributed by atoms with E-state index in [4.69, 9.17) is 4.84 Å². The number of hydrogen-bond acceptors (Lipinski definition) is 4. The number of carbonyl (C=O) groups excluding carboxylic acids is 2. The molecule has 0 fully saturated rings. The molecule has 0 atom stereocenters. The molecule has 0 radical (unpaired) electrons. The summed E-state index contributed by atoms with van der Waals surface area (Å²) < 4.78 is 1.64. The molecule has 0 saturated heterocycles. The molecule has 0 saturated carbocycles. The number of nitrogens with one attached hydrogen (secondary N) is 1. The number of unbranched alkanes of at least 4 members (excludes halogenated alkanes) is 1. The molecular weight excluding hydrogens is 296 g/mol. The molecule has 0 aliphatic heterocycles. The Morgan fingerprint density at radius 3 is 2.70 bits per heavy atom. The maximum absolute atomic E-state index is 11.6. The molecule has 120 valence electrons. The summed E-state index contributed by atoms with van der Waals surface area (Å²) >= 11 is 0. The van der Waals surface area contributed by atoms with Crippen LogP contribution < -0.4 is 10.8 Å². The second-order valence-electron chi connectivity index (χ2n) is 4.72. The number of amides is 2. The molecule has 23 heavy (non-hydrogen) atoms. The first-order valence-electron chi connectivity index (χ1n) is 7.32. The van der Waals surface area contributed by atoms with Crippen LogP contribution in [-0.4, -0.2) is 28.2 Å². The van der Waals surface area contributed by atoms with Crippen LogP contribution in [0.3, 0.4) is 0 Å². The Kier molecular flexibility index (Phi) is 6.19. The standard InChI is InChI=1S/C16H18N4O3/c1-2-3-11-23-19-16(22)15(21)18-13-9-10-20(17-12-13)14-7-5-4-6-8-14/h4-10,12H,2-3,11H2,1H3,(H,19,22)/b18-13+. The van der Waals surface area contributed by atoms with Crippen LogP contribution in [0.25, 0.3) is 5.69 Å². The number of nitrogens with zero attached hydrogens (tertiary/aromatic N) is 3. The van der Waals surface area contributed by atoms with Gasteiger partial charge in [-0.1, -0.05) is 31.5 Å². The van der Waals surface area contributed by atoms with Crippen LogP contribution in [-0.2, 0) is 14.4 Å². The van der Waals surface area contributed by atoms with E-state index in [-0.39, 0.29) is 0 Å². The van der Waals surface area contributed by atoms with Crippen LogP contribution in [0.4, 0.5) is 0 Å². The molecule has 2 aromatic rings. The SMILES string of the molecule is CCCCONC(=O)C(=O)/N=c1\ccn(-c2ccccc2)nc1. The number of carbonyl (C=O) groups is 2.